The second-order valence-corrected chi connectivity index (χ2v) is 15.2. The van der Waals surface area contributed by atoms with Crippen molar-refractivity contribution < 1.29 is 28.6 Å². The third-order valence-electron chi connectivity index (χ3n) is 10.9. The molecule has 0 aliphatic heterocycles. The van der Waals surface area contributed by atoms with Crippen molar-refractivity contribution in [3.05, 3.63) is 101 Å². The molecule has 0 spiro atoms. The number of ether oxygens (including phenoxy) is 3. The lowest BCUT2D eigenvalue weighted by Gasteiger charge is -2.29. The molecule has 2 aromatic carbocycles. The van der Waals surface area contributed by atoms with Crippen LogP contribution in [0, 0.1) is 5.41 Å². The van der Waals surface area contributed by atoms with Gasteiger partial charge in [0, 0.05) is 67.9 Å². The van der Waals surface area contributed by atoms with Gasteiger partial charge >= 0.3 is 0 Å². The lowest BCUT2D eigenvalue weighted by atomic mass is 9.79. The van der Waals surface area contributed by atoms with Crippen molar-refractivity contribution in [1.29, 1.82) is 0 Å². The molecule has 1 aromatic heterocycles. The number of likely N-dealkylation sites (N-methyl/N-ethyl adjacent to an activating group) is 1. The quantitative estimate of drug-likeness (QED) is 0.0731. The van der Waals surface area contributed by atoms with Gasteiger partial charge in [0.05, 0.1) is 62.5 Å². The van der Waals surface area contributed by atoms with Gasteiger partial charge < -0.3 is 45.7 Å². The molecule has 2 atom stereocenters. The zero-order valence-corrected chi connectivity index (χ0v) is 40.2. The number of carbonyl (C=O) groups is 3. The molecule has 350 valence electrons. The Morgan fingerprint density at radius 3 is 2.29 bits per heavy atom. The van der Waals surface area contributed by atoms with Gasteiger partial charge in [-0.05, 0) is 95.0 Å². The van der Waals surface area contributed by atoms with E-state index in [1.807, 2.05) is 50.4 Å². The maximum atomic E-state index is 14.2. The number of hydrogen-bond donors (Lipinski definition) is 4. The molecule has 2 aliphatic carbocycles. The van der Waals surface area contributed by atoms with Crippen LogP contribution in [0.1, 0.15) is 67.6 Å². The molecule has 2 aliphatic rings. The van der Waals surface area contributed by atoms with Gasteiger partial charge in [-0.1, -0.05) is 42.5 Å². The molecule has 0 bridgehead atoms. The number of nitrogens with zero attached hydrogens (tertiary/aromatic N) is 3. The number of aromatic nitrogens is 1. The molecule has 1 heterocycles. The van der Waals surface area contributed by atoms with Crippen molar-refractivity contribution >= 4 is 78.7 Å². The molecule has 63 heavy (non-hydrogen) atoms. The Balaban J connectivity index is 0.00000496. The summed E-state index contributed by atoms with van der Waals surface area (Å²) < 4.78 is 16.4. The summed E-state index contributed by atoms with van der Waals surface area (Å²) in [5.74, 6) is -0.623. The van der Waals surface area contributed by atoms with E-state index in [0.717, 1.165) is 38.0 Å². The maximum absolute atomic E-state index is 14.2. The second-order valence-electron chi connectivity index (χ2n) is 15.2. The summed E-state index contributed by atoms with van der Waals surface area (Å²) in [5.41, 5.74) is 10.7. The van der Waals surface area contributed by atoms with Crippen LogP contribution in [-0.4, -0.2) is 114 Å². The molecule has 3 amide bonds. The van der Waals surface area contributed by atoms with Crippen LogP contribution < -0.4 is 26.6 Å². The predicted octanol–water partition coefficient (Wildman–Crippen LogP) is 6.98. The van der Waals surface area contributed by atoms with Gasteiger partial charge in [0.25, 0.3) is 5.91 Å². The van der Waals surface area contributed by atoms with Crippen LogP contribution in [0.5, 0.6) is 0 Å². The van der Waals surface area contributed by atoms with Gasteiger partial charge in [-0.25, -0.2) is 0 Å². The molecular weight excluding hydrogens is 888 g/mol. The molecular formula is C46H67Cl4N7O6. The highest BCUT2D eigenvalue weighted by molar-refractivity contribution is 6.03. The fourth-order valence-electron chi connectivity index (χ4n) is 7.40. The molecule has 0 radical (unpaired) electrons. The lowest BCUT2D eigenvalue weighted by molar-refractivity contribution is -0.123. The van der Waals surface area contributed by atoms with Crippen LogP contribution in [0.4, 0.5) is 11.4 Å². The Labute approximate surface area is 398 Å². The highest BCUT2D eigenvalue weighted by Gasteiger charge is 2.35. The number of carbonyl (C=O) groups excluding carboxylic acids is 3. The number of benzene rings is 2. The molecule has 0 saturated carbocycles. The van der Waals surface area contributed by atoms with Crippen molar-refractivity contribution in [2.75, 3.05) is 96.2 Å². The molecule has 0 fully saturated rings. The molecule has 3 aromatic rings. The van der Waals surface area contributed by atoms with E-state index >= 15 is 0 Å². The number of nitrogens with two attached hydrogens (primary N) is 1. The number of pyridine rings is 1. The van der Waals surface area contributed by atoms with E-state index in [0.29, 0.717) is 93.9 Å². The fraction of sp³-hybridized carbons (Fsp3) is 0.478. The first-order chi connectivity index (χ1) is 28.6. The summed E-state index contributed by atoms with van der Waals surface area (Å²) in [6.45, 7) is 13.0. The molecule has 17 heteroatoms. The number of allylic oxidation sites excluding steroid dienone is 2. The minimum absolute atomic E-state index is 0. The van der Waals surface area contributed by atoms with E-state index in [1.165, 1.54) is 11.1 Å². The standard InChI is InChI=1S/C46H63N7O6.4ClH/c1-5-53(6-2)37-16-17-41(39(32-37)42-31-35(18-21-48-42)44(55)50-40-15-9-12-34-11-7-8-14-38(34)40)51-45(56)46(3)19-10-13-36(33-46)43(54)49-22-23-52(4)24-26-58-28-30-59-29-27-57-25-20-47;;;;/h7-8,10-11,13-14,16-19,21,31-32,40H,5-6,9,12,15,20,22-30,33,47H2,1-4H3,(H,49,54)(H,50,55)(H,51,56);4*1H/t40?,46-;;;;/m1..../s1. The Hall–Kier alpha value is -3.76. The second kappa shape index (κ2) is 29.6. The zero-order chi connectivity index (χ0) is 42.0. The van der Waals surface area contributed by atoms with Crippen LogP contribution in [0.2, 0.25) is 0 Å². The highest BCUT2D eigenvalue weighted by Crippen LogP contribution is 2.37. The van der Waals surface area contributed by atoms with Crippen molar-refractivity contribution in [3.63, 3.8) is 0 Å². The molecule has 13 nitrogen and oxygen atoms in total. The summed E-state index contributed by atoms with van der Waals surface area (Å²) in [6, 6.07) is 17.7. The first-order valence-electron chi connectivity index (χ1n) is 21.0. The topological polar surface area (TPSA) is 160 Å². The average Bonchev–Trinajstić information content (AvgIpc) is 3.25. The monoisotopic (exact) mass is 953 g/mol. The van der Waals surface area contributed by atoms with E-state index in [4.69, 9.17) is 24.9 Å². The Morgan fingerprint density at radius 1 is 0.873 bits per heavy atom. The Morgan fingerprint density at radius 2 is 1.57 bits per heavy atom. The summed E-state index contributed by atoms with van der Waals surface area (Å²) in [4.78, 5) is 50.2. The van der Waals surface area contributed by atoms with Gasteiger partial charge in [-0.15, -0.1) is 49.6 Å². The third-order valence-corrected chi connectivity index (χ3v) is 10.9. The van der Waals surface area contributed by atoms with Gasteiger partial charge in [0.15, 0.2) is 0 Å². The molecule has 5 rings (SSSR count). The normalized spacial score (nSPS) is 16.2. The minimum atomic E-state index is -0.989. The largest absolute Gasteiger partial charge is 0.378 e. The number of rotatable bonds is 23. The number of anilines is 2. The number of fused-ring (bicyclic) bond motifs is 1. The summed E-state index contributed by atoms with van der Waals surface area (Å²) >= 11 is 0. The number of nitrogens with one attached hydrogen (secondary N) is 3. The number of hydrogen-bond acceptors (Lipinski definition) is 10. The number of aryl methyl sites for hydroxylation is 1. The van der Waals surface area contributed by atoms with E-state index < -0.39 is 5.41 Å². The van der Waals surface area contributed by atoms with Crippen LogP contribution in [-0.2, 0) is 30.2 Å². The van der Waals surface area contributed by atoms with Crippen molar-refractivity contribution in [2.45, 2.75) is 52.5 Å². The molecule has 0 saturated heterocycles. The highest BCUT2D eigenvalue weighted by atomic mass is 35.5. The predicted molar refractivity (Wildman–Crippen MR) is 262 cm³/mol. The summed E-state index contributed by atoms with van der Waals surface area (Å²) in [7, 11) is 1.98. The summed E-state index contributed by atoms with van der Waals surface area (Å²) in [5, 5.41) is 9.44. The Bertz CT molecular complexity index is 1940. The van der Waals surface area contributed by atoms with Gasteiger partial charge in [-0.2, -0.15) is 0 Å². The average molecular weight is 956 g/mol. The van der Waals surface area contributed by atoms with Crippen molar-refractivity contribution in [1.82, 2.24) is 20.5 Å². The smallest absolute Gasteiger partial charge is 0.251 e. The fourth-order valence-corrected chi connectivity index (χ4v) is 7.40. The molecule has 5 N–H and O–H groups in total. The number of amides is 3. The van der Waals surface area contributed by atoms with Crippen LogP contribution in [0.25, 0.3) is 11.3 Å². The van der Waals surface area contributed by atoms with E-state index in [1.54, 1.807) is 30.5 Å². The lowest BCUT2D eigenvalue weighted by Crippen LogP contribution is -2.38. The van der Waals surface area contributed by atoms with Crippen molar-refractivity contribution in [2.24, 2.45) is 11.1 Å². The first kappa shape index (κ1) is 57.3. The van der Waals surface area contributed by atoms with Crippen LogP contribution in [0.15, 0.2) is 84.6 Å². The third kappa shape index (κ3) is 17.0. The van der Waals surface area contributed by atoms with Crippen molar-refractivity contribution in [3.8, 4) is 11.3 Å². The van der Waals surface area contributed by atoms with Crippen LogP contribution in [0.3, 0.4) is 0 Å². The van der Waals surface area contributed by atoms with E-state index in [9.17, 15) is 14.4 Å². The number of halogens is 4. The zero-order valence-electron chi connectivity index (χ0n) is 36.9. The van der Waals surface area contributed by atoms with Crippen LogP contribution >= 0.6 is 49.6 Å². The van der Waals surface area contributed by atoms with Gasteiger partial charge in [0.2, 0.25) is 11.8 Å². The SMILES string of the molecule is CCN(CC)c1ccc(NC(=O)[C@]2(C)C=CC=C(C(=O)NCCN(C)CCOCCOCCOCCN)C2)c(-c2cc(C(=O)NC3CCCc4ccccc43)ccn2)c1.Cl.Cl.Cl.Cl. The van der Waals surface area contributed by atoms with E-state index in [2.05, 4.69) is 51.7 Å². The minimum Gasteiger partial charge on any atom is -0.378 e. The maximum Gasteiger partial charge on any atom is 0.251 e. The summed E-state index contributed by atoms with van der Waals surface area (Å²) in [6.07, 6.45) is 10.2. The van der Waals surface area contributed by atoms with Gasteiger partial charge in [0.1, 0.15) is 0 Å². The first-order valence-corrected chi connectivity index (χ1v) is 21.0. The Kier molecular flexibility index (Phi) is 26.9. The molecule has 1 unspecified atom stereocenters. The van der Waals surface area contributed by atoms with E-state index in [-0.39, 0.29) is 79.8 Å². The van der Waals surface area contributed by atoms with Gasteiger partial charge in [-0.3, -0.25) is 19.4 Å².